The number of amides is 1. The topological polar surface area (TPSA) is 114 Å². The maximum atomic E-state index is 14.5. The predicted octanol–water partition coefficient (Wildman–Crippen LogP) is 3.77. The van der Waals surface area contributed by atoms with Gasteiger partial charge in [-0.05, 0) is 36.8 Å². The molecular weight excluding hydrogens is 657 g/mol. The van der Waals surface area contributed by atoms with Gasteiger partial charge in [0.2, 0.25) is 5.91 Å². The Bertz CT molecular complexity index is 2300. The Hall–Kier alpha value is -5.46. The molecule has 2 aliphatic heterocycles. The number of morpholine rings is 1. The second kappa shape index (κ2) is 14.2. The van der Waals surface area contributed by atoms with Crippen molar-refractivity contribution in [2.45, 2.75) is 19.5 Å². The van der Waals surface area contributed by atoms with Gasteiger partial charge in [-0.15, -0.1) is 0 Å². The Kier molecular flexibility index (Phi) is 9.38. The van der Waals surface area contributed by atoms with E-state index < -0.39 is 12.0 Å². The van der Waals surface area contributed by atoms with Gasteiger partial charge in [-0.25, -0.2) is 9.79 Å². The van der Waals surface area contributed by atoms with E-state index in [2.05, 4.69) is 0 Å². The third kappa shape index (κ3) is 6.12. The molecule has 0 aliphatic carbocycles. The fraction of sp³-hybridized carbons (Fsp3) is 0.263. The molecule has 1 fully saturated rings. The monoisotopic (exact) mass is 692 g/mol. The smallest absolute Gasteiger partial charge is 0.338 e. The van der Waals surface area contributed by atoms with E-state index >= 15 is 0 Å². The van der Waals surface area contributed by atoms with Crippen LogP contribution < -0.4 is 24.4 Å². The first-order valence-electron chi connectivity index (χ1n) is 16.4. The zero-order valence-corrected chi connectivity index (χ0v) is 28.8. The standard InChI is InChI=1S/C38H36N4O7S/c1-4-49-37(45)33-34(24-10-6-5-7-11-24)39-38-42(35(33)25-14-15-29(46-2)30(20-25)47-3)36(44)31(50-38)21-26-22-41(28-13-9-8-12-27(26)28)23-32(43)40-16-18-48-19-17-40/h5-15,20-22,35H,4,16-19,23H2,1-3H3/b31-21+/t35-/m1/s1. The van der Waals surface area contributed by atoms with Gasteiger partial charge in [-0.3, -0.25) is 14.2 Å². The summed E-state index contributed by atoms with van der Waals surface area (Å²) in [5, 5.41) is 0.904. The number of carbonyl (C=O) groups is 2. The fourth-order valence-corrected chi connectivity index (χ4v) is 7.49. The van der Waals surface area contributed by atoms with Crippen molar-refractivity contribution in [3.05, 3.63) is 121 Å². The molecule has 1 atom stereocenters. The summed E-state index contributed by atoms with van der Waals surface area (Å²) in [7, 11) is 3.09. The van der Waals surface area contributed by atoms with Crippen LogP contribution in [0.4, 0.5) is 0 Å². The summed E-state index contributed by atoms with van der Waals surface area (Å²) < 4.78 is 26.0. The van der Waals surface area contributed by atoms with Crippen LogP contribution >= 0.6 is 11.3 Å². The Balaban J connectivity index is 1.42. The fourth-order valence-electron chi connectivity index (χ4n) is 6.50. The lowest BCUT2D eigenvalue weighted by Crippen LogP contribution is -2.42. The average molecular weight is 693 g/mol. The highest BCUT2D eigenvalue weighted by Gasteiger charge is 2.35. The molecule has 0 radical (unpaired) electrons. The molecular formula is C38H36N4O7S. The van der Waals surface area contributed by atoms with Gasteiger partial charge in [-0.1, -0.05) is 65.9 Å². The summed E-state index contributed by atoms with van der Waals surface area (Å²) in [6, 6.07) is 21.7. The zero-order valence-electron chi connectivity index (χ0n) is 28.0. The Morgan fingerprint density at radius 1 is 0.980 bits per heavy atom. The van der Waals surface area contributed by atoms with Crippen molar-refractivity contribution in [3.63, 3.8) is 0 Å². The SMILES string of the molecule is CCOC(=O)C1=C(c2ccccc2)N=c2s/c(=C/c3cn(CC(=O)N4CCOCC4)c4ccccc34)c(=O)n2[C@@H]1c1ccc(OC)c(OC)c1. The van der Waals surface area contributed by atoms with E-state index in [-0.39, 0.29) is 30.2 Å². The van der Waals surface area contributed by atoms with E-state index in [1.165, 1.54) is 18.4 Å². The number of hydrogen-bond donors (Lipinski definition) is 0. The number of para-hydroxylation sites is 1. The van der Waals surface area contributed by atoms with Crippen molar-refractivity contribution in [3.8, 4) is 11.5 Å². The molecule has 256 valence electrons. The molecule has 11 nitrogen and oxygen atoms in total. The van der Waals surface area contributed by atoms with Crippen LogP contribution in [-0.2, 0) is 25.6 Å². The highest BCUT2D eigenvalue weighted by atomic mass is 32.1. The minimum atomic E-state index is -0.880. The van der Waals surface area contributed by atoms with Gasteiger partial charge in [0.25, 0.3) is 5.56 Å². The minimum absolute atomic E-state index is 0.00910. The Morgan fingerprint density at radius 2 is 1.72 bits per heavy atom. The van der Waals surface area contributed by atoms with Crippen LogP contribution in [0.3, 0.4) is 0 Å². The number of ether oxygens (including phenoxy) is 4. The van der Waals surface area contributed by atoms with Crippen molar-refractivity contribution >= 4 is 45.9 Å². The van der Waals surface area contributed by atoms with E-state index in [0.717, 1.165) is 16.5 Å². The highest BCUT2D eigenvalue weighted by molar-refractivity contribution is 7.07. The van der Waals surface area contributed by atoms with Crippen molar-refractivity contribution in [2.75, 3.05) is 47.1 Å². The quantitative estimate of drug-likeness (QED) is 0.216. The Labute approximate surface area is 291 Å². The summed E-state index contributed by atoms with van der Waals surface area (Å²) in [5.74, 6) is 0.400. The van der Waals surface area contributed by atoms with Crippen LogP contribution in [0.5, 0.6) is 11.5 Å². The Morgan fingerprint density at radius 3 is 2.46 bits per heavy atom. The molecule has 12 heteroatoms. The van der Waals surface area contributed by atoms with E-state index in [0.29, 0.717) is 64.0 Å². The summed E-state index contributed by atoms with van der Waals surface area (Å²) in [5.41, 5.74) is 3.36. The molecule has 3 aromatic carbocycles. The van der Waals surface area contributed by atoms with Gasteiger partial charge in [0.05, 0.1) is 55.9 Å². The molecule has 2 aromatic heterocycles. The lowest BCUT2D eigenvalue weighted by molar-refractivity contribution is -0.139. The second-order valence-corrected chi connectivity index (χ2v) is 12.8. The summed E-state index contributed by atoms with van der Waals surface area (Å²) in [6.45, 7) is 4.23. The van der Waals surface area contributed by atoms with E-state index in [4.69, 9.17) is 23.9 Å². The first-order valence-corrected chi connectivity index (χ1v) is 17.2. The maximum Gasteiger partial charge on any atom is 0.338 e. The van der Waals surface area contributed by atoms with Crippen LogP contribution in [0.1, 0.15) is 29.7 Å². The number of carbonyl (C=O) groups excluding carboxylic acids is 2. The first-order chi connectivity index (χ1) is 24.4. The number of aromatic nitrogens is 2. The van der Waals surface area contributed by atoms with E-state index in [9.17, 15) is 14.4 Å². The number of nitrogens with zero attached hydrogens (tertiary/aromatic N) is 4. The van der Waals surface area contributed by atoms with Crippen LogP contribution in [-0.4, -0.2) is 73.0 Å². The van der Waals surface area contributed by atoms with Gasteiger partial charge in [-0.2, -0.15) is 0 Å². The molecule has 0 saturated carbocycles. The van der Waals surface area contributed by atoms with Gasteiger partial charge in [0.1, 0.15) is 6.54 Å². The molecule has 0 bridgehead atoms. The van der Waals surface area contributed by atoms with Crippen molar-refractivity contribution in [1.29, 1.82) is 0 Å². The molecule has 1 saturated heterocycles. The number of esters is 1. The minimum Gasteiger partial charge on any atom is -0.493 e. The van der Waals surface area contributed by atoms with Crippen molar-refractivity contribution < 1.29 is 28.5 Å². The molecule has 0 unspecified atom stereocenters. The van der Waals surface area contributed by atoms with Crippen molar-refractivity contribution in [2.24, 2.45) is 4.99 Å². The summed E-state index contributed by atoms with van der Waals surface area (Å²) in [4.78, 5) is 48.8. The van der Waals surface area contributed by atoms with Crippen LogP contribution in [0.2, 0.25) is 0 Å². The van der Waals surface area contributed by atoms with Crippen LogP contribution in [0.25, 0.3) is 22.7 Å². The second-order valence-electron chi connectivity index (χ2n) is 11.8. The summed E-state index contributed by atoms with van der Waals surface area (Å²) >= 11 is 1.24. The zero-order chi connectivity index (χ0) is 34.8. The molecule has 50 heavy (non-hydrogen) atoms. The van der Waals surface area contributed by atoms with Gasteiger partial charge < -0.3 is 28.4 Å². The third-order valence-corrected chi connectivity index (χ3v) is 9.86. The molecule has 1 amide bonds. The highest BCUT2D eigenvalue weighted by Crippen LogP contribution is 2.38. The number of methoxy groups -OCH3 is 2. The van der Waals surface area contributed by atoms with Gasteiger partial charge in [0, 0.05) is 41.3 Å². The van der Waals surface area contributed by atoms with Gasteiger partial charge >= 0.3 is 5.97 Å². The summed E-state index contributed by atoms with van der Waals surface area (Å²) in [6.07, 6.45) is 3.75. The molecule has 5 aromatic rings. The van der Waals surface area contributed by atoms with Crippen LogP contribution in [0.15, 0.2) is 94.4 Å². The molecule has 0 N–H and O–H groups in total. The number of rotatable bonds is 9. The van der Waals surface area contributed by atoms with Gasteiger partial charge in [0.15, 0.2) is 16.3 Å². The van der Waals surface area contributed by atoms with E-state index in [1.54, 1.807) is 30.7 Å². The number of fused-ring (bicyclic) bond motifs is 2. The lowest BCUT2D eigenvalue weighted by atomic mass is 9.93. The number of hydrogen-bond acceptors (Lipinski definition) is 9. The predicted molar refractivity (Wildman–Crippen MR) is 190 cm³/mol. The normalized spacial score (nSPS) is 16.3. The molecule has 0 spiro atoms. The molecule has 2 aliphatic rings. The lowest BCUT2D eigenvalue weighted by Gasteiger charge is -2.27. The molecule has 7 rings (SSSR count). The first kappa shape index (κ1) is 33.1. The maximum absolute atomic E-state index is 14.5. The largest absolute Gasteiger partial charge is 0.493 e. The third-order valence-electron chi connectivity index (χ3n) is 8.87. The van der Waals surface area contributed by atoms with Crippen LogP contribution in [0, 0.1) is 0 Å². The van der Waals surface area contributed by atoms with Crippen molar-refractivity contribution in [1.82, 2.24) is 14.0 Å². The molecule has 4 heterocycles. The van der Waals surface area contributed by atoms with E-state index in [1.807, 2.05) is 82.4 Å². The number of benzene rings is 3. The average Bonchev–Trinajstić information content (AvgIpc) is 3.66. The number of thiazole rings is 1.